The number of para-hydroxylation sites is 1. The van der Waals surface area contributed by atoms with E-state index < -0.39 is 23.6 Å². The van der Waals surface area contributed by atoms with Gasteiger partial charge in [0, 0.05) is 6.07 Å². The molecule has 0 unspecified atom stereocenters. The number of esters is 1. The van der Waals surface area contributed by atoms with E-state index in [0.717, 1.165) is 0 Å². The van der Waals surface area contributed by atoms with Crippen LogP contribution in [-0.2, 0) is 9.53 Å². The Bertz CT molecular complexity index is 1110. The fraction of sp³-hybridized carbons (Fsp3) is 0.273. The molecule has 0 amide bonds. The Morgan fingerprint density at radius 1 is 1.07 bits per heavy atom. The molecule has 0 spiro atoms. The van der Waals surface area contributed by atoms with Crippen LogP contribution in [0.2, 0.25) is 0 Å². The Morgan fingerprint density at radius 3 is 2.41 bits per heavy atom. The smallest absolute Gasteiger partial charge is 0.348 e. The van der Waals surface area contributed by atoms with Crippen molar-refractivity contribution in [2.45, 2.75) is 18.9 Å². The van der Waals surface area contributed by atoms with E-state index in [1.165, 1.54) is 14.2 Å². The molecule has 1 aliphatic heterocycles. The maximum absolute atomic E-state index is 12.9. The molecule has 0 aliphatic carbocycles. The molecule has 2 atom stereocenters. The fourth-order valence-electron chi connectivity index (χ4n) is 3.64. The van der Waals surface area contributed by atoms with E-state index in [1.807, 2.05) is 6.07 Å². The van der Waals surface area contributed by atoms with Gasteiger partial charge in [-0.2, -0.15) is 0 Å². The van der Waals surface area contributed by atoms with Crippen LogP contribution in [-0.4, -0.2) is 32.9 Å². The standard InChI is InChI=1S/C22H20O7/c1-4-27-22(24)20-17(12-9-13(25-2)11-14(10-12)26-3)18-19(29-20)15-7-5-6-8-16(15)28-21(18)23/h5-11,17,20H,4H2,1-3H3/t17-,20+/m0/s1. The van der Waals surface area contributed by atoms with Crippen molar-refractivity contribution < 1.29 is 28.2 Å². The van der Waals surface area contributed by atoms with E-state index in [1.54, 1.807) is 43.3 Å². The monoisotopic (exact) mass is 396 g/mol. The third kappa shape index (κ3) is 3.18. The van der Waals surface area contributed by atoms with Gasteiger partial charge in [-0.3, -0.25) is 0 Å². The van der Waals surface area contributed by atoms with Gasteiger partial charge in [-0.15, -0.1) is 0 Å². The molecule has 2 heterocycles. The SMILES string of the molecule is CCOC(=O)[C@@H]1Oc2c(c(=O)oc3ccccc23)[C@@H]1c1cc(OC)cc(OC)c1. The molecule has 0 N–H and O–H groups in total. The number of rotatable bonds is 5. The third-order valence-corrected chi connectivity index (χ3v) is 4.91. The molecular weight excluding hydrogens is 376 g/mol. The molecule has 0 radical (unpaired) electrons. The van der Waals surface area contributed by atoms with Gasteiger partial charge < -0.3 is 23.4 Å². The predicted octanol–water partition coefficient (Wildman–Crippen LogP) is 3.27. The topological polar surface area (TPSA) is 84.2 Å². The average Bonchev–Trinajstić information content (AvgIpc) is 3.15. The Balaban J connectivity index is 1.97. The molecule has 1 aromatic heterocycles. The Kier molecular flexibility index (Phi) is 4.88. The summed E-state index contributed by atoms with van der Waals surface area (Å²) in [5, 5.41) is 0.619. The van der Waals surface area contributed by atoms with Gasteiger partial charge in [0.1, 0.15) is 22.8 Å². The van der Waals surface area contributed by atoms with Crippen LogP contribution in [0.25, 0.3) is 11.0 Å². The van der Waals surface area contributed by atoms with Gasteiger partial charge in [-0.05, 0) is 36.8 Å². The maximum Gasteiger partial charge on any atom is 0.348 e. The quantitative estimate of drug-likeness (QED) is 0.483. The molecule has 4 rings (SSSR count). The van der Waals surface area contributed by atoms with Gasteiger partial charge in [0.2, 0.25) is 6.10 Å². The lowest BCUT2D eigenvalue weighted by Crippen LogP contribution is -2.32. The van der Waals surface area contributed by atoms with Crippen molar-refractivity contribution in [1.29, 1.82) is 0 Å². The number of hydrogen-bond acceptors (Lipinski definition) is 7. The first-order valence-electron chi connectivity index (χ1n) is 9.19. The van der Waals surface area contributed by atoms with Crippen LogP contribution < -0.4 is 19.8 Å². The lowest BCUT2D eigenvalue weighted by Gasteiger charge is -2.19. The van der Waals surface area contributed by atoms with Gasteiger partial charge in [-0.25, -0.2) is 9.59 Å². The summed E-state index contributed by atoms with van der Waals surface area (Å²) in [6.45, 7) is 1.91. The zero-order valence-corrected chi connectivity index (χ0v) is 16.3. The number of ether oxygens (including phenoxy) is 4. The van der Waals surface area contributed by atoms with Crippen molar-refractivity contribution in [3.8, 4) is 17.2 Å². The normalized spacial score (nSPS) is 17.5. The van der Waals surface area contributed by atoms with E-state index in [4.69, 9.17) is 23.4 Å². The molecule has 3 aromatic rings. The minimum Gasteiger partial charge on any atom is -0.497 e. The van der Waals surface area contributed by atoms with Crippen LogP contribution in [0.15, 0.2) is 51.7 Å². The summed E-state index contributed by atoms with van der Waals surface area (Å²) >= 11 is 0. The summed E-state index contributed by atoms with van der Waals surface area (Å²) < 4.78 is 27.4. The fourth-order valence-corrected chi connectivity index (χ4v) is 3.64. The summed E-state index contributed by atoms with van der Waals surface area (Å²) in [5.41, 5.74) is 0.734. The van der Waals surface area contributed by atoms with Crippen LogP contribution in [0.1, 0.15) is 24.0 Å². The Hall–Kier alpha value is -3.48. The van der Waals surface area contributed by atoms with Crippen LogP contribution in [0.5, 0.6) is 17.2 Å². The molecule has 0 saturated heterocycles. The van der Waals surface area contributed by atoms with Gasteiger partial charge in [0.05, 0.1) is 37.7 Å². The Labute approximate surface area is 166 Å². The summed E-state index contributed by atoms with van der Waals surface area (Å²) in [4.78, 5) is 25.6. The molecule has 150 valence electrons. The van der Waals surface area contributed by atoms with Crippen LogP contribution >= 0.6 is 0 Å². The number of carbonyl (C=O) groups excluding carboxylic acids is 1. The van der Waals surface area contributed by atoms with E-state index in [9.17, 15) is 9.59 Å². The molecule has 7 nitrogen and oxygen atoms in total. The van der Waals surface area contributed by atoms with E-state index >= 15 is 0 Å². The summed E-state index contributed by atoms with van der Waals surface area (Å²) in [7, 11) is 3.06. The number of hydrogen-bond donors (Lipinski definition) is 0. The zero-order chi connectivity index (χ0) is 20.5. The highest BCUT2D eigenvalue weighted by atomic mass is 16.6. The number of carbonyl (C=O) groups is 1. The second-order valence-corrected chi connectivity index (χ2v) is 6.54. The lowest BCUT2D eigenvalue weighted by atomic mass is 9.88. The third-order valence-electron chi connectivity index (χ3n) is 4.91. The molecule has 1 aliphatic rings. The van der Waals surface area contributed by atoms with E-state index in [2.05, 4.69) is 0 Å². The van der Waals surface area contributed by atoms with Crippen molar-refractivity contribution in [2.75, 3.05) is 20.8 Å². The average molecular weight is 396 g/mol. The van der Waals surface area contributed by atoms with Crippen LogP contribution in [0, 0.1) is 0 Å². The van der Waals surface area contributed by atoms with Gasteiger partial charge in [0.15, 0.2) is 0 Å². The highest BCUT2D eigenvalue weighted by Crippen LogP contribution is 2.45. The summed E-state index contributed by atoms with van der Waals surface area (Å²) in [5.74, 6) is 0.107. The Morgan fingerprint density at radius 2 is 1.76 bits per heavy atom. The first kappa shape index (κ1) is 18.9. The second kappa shape index (κ2) is 7.50. The van der Waals surface area contributed by atoms with Crippen molar-refractivity contribution in [3.05, 3.63) is 64.0 Å². The minimum atomic E-state index is -1.03. The minimum absolute atomic E-state index is 0.193. The molecule has 2 aromatic carbocycles. The van der Waals surface area contributed by atoms with Crippen molar-refractivity contribution in [3.63, 3.8) is 0 Å². The van der Waals surface area contributed by atoms with Gasteiger partial charge >= 0.3 is 11.6 Å². The lowest BCUT2D eigenvalue weighted by molar-refractivity contribution is -0.151. The maximum atomic E-state index is 12.9. The molecular formula is C22H20O7. The van der Waals surface area contributed by atoms with Gasteiger partial charge in [-0.1, -0.05) is 12.1 Å². The predicted molar refractivity (Wildman–Crippen MR) is 105 cm³/mol. The van der Waals surface area contributed by atoms with Crippen LogP contribution in [0.3, 0.4) is 0 Å². The van der Waals surface area contributed by atoms with Gasteiger partial charge in [0.25, 0.3) is 0 Å². The van der Waals surface area contributed by atoms with E-state index in [-0.39, 0.29) is 12.2 Å². The number of methoxy groups -OCH3 is 2. The molecule has 0 fully saturated rings. The highest BCUT2D eigenvalue weighted by molar-refractivity contribution is 5.88. The summed E-state index contributed by atoms with van der Waals surface area (Å²) in [6.07, 6.45) is -1.03. The van der Waals surface area contributed by atoms with Crippen LogP contribution in [0.4, 0.5) is 0 Å². The molecule has 0 saturated carbocycles. The summed E-state index contributed by atoms with van der Waals surface area (Å²) in [6, 6.07) is 12.2. The largest absolute Gasteiger partial charge is 0.497 e. The molecule has 7 heteroatoms. The van der Waals surface area contributed by atoms with E-state index in [0.29, 0.717) is 33.8 Å². The van der Waals surface area contributed by atoms with Crippen molar-refractivity contribution in [2.24, 2.45) is 0 Å². The van der Waals surface area contributed by atoms with Crippen molar-refractivity contribution in [1.82, 2.24) is 0 Å². The highest BCUT2D eigenvalue weighted by Gasteiger charge is 2.45. The first-order chi connectivity index (χ1) is 14.1. The molecule has 29 heavy (non-hydrogen) atoms. The number of benzene rings is 2. The second-order valence-electron chi connectivity index (χ2n) is 6.54. The number of fused-ring (bicyclic) bond motifs is 3. The zero-order valence-electron chi connectivity index (χ0n) is 16.3. The first-order valence-corrected chi connectivity index (χ1v) is 9.19. The molecule has 0 bridgehead atoms. The van der Waals surface area contributed by atoms with Crippen molar-refractivity contribution >= 4 is 16.9 Å².